The van der Waals surface area contributed by atoms with Gasteiger partial charge in [0.2, 0.25) is 0 Å². The van der Waals surface area contributed by atoms with E-state index in [1.54, 1.807) is 24.3 Å². The number of aromatic nitrogens is 3. The summed E-state index contributed by atoms with van der Waals surface area (Å²) >= 11 is 6.02. The molecule has 2 heterocycles. The maximum Gasteiger partial charge on any atom is 0.416 e. The molecule has 0 aliphatic heterocycles. The molecule has 0 saturated heterocycles. The number of hydrogen-bond donors (Lipinski definition) is 2. The van der Waals surface area contributed by atoms with Gasteiger partial charge in [-0.3, -0.25) is 14.9 Å². The molecule has 4 aromatic rings. The molecule has 0 fully saturated rings. The average molecular weight is 445 g/mol. The number of pyridine rings is 1. The minimum Gasteiger partial charge on any atom is -0.346 e. The van der Waals surface area contributed by atoms with E-state index in [1.807, 2.05) is 0 Å². The summed E-state index contributed by atoms with van der Waals surface area (Å²) in [6.07, 6.45) is -1.62. The maximum absolute atomic E-state index is 13.2. The molecule has 0 unspecified atom stereocenters. The number of amides is 1. The van der Waals surface area contributed by atoms with Gasteiger partial charge in [-0.15, -0.1) is 0 Å². The first-order valence-electron chi connectivity index (χ1n) is 9.31. The minimum atomic E-state index is -4.45. The van der Waals surface area contributed by atoms with E-state index in [1.165, 1.54) is 30.6 Å². The summed E-state index contributed by atoms with van der Waals surface area (Å²) in [4.78, 5) is 16.6. The molecule has 0 radical (unpaired) electrons. The average Bonchev–Trinajstić information content (AvgIpc) is 3.14. The smallest absolute Gasteiger partial charge is 0.346 e. The fourth-order valence-corrected chi connectivity index (χ4v) is 3.49. The first kappa shape index (κ1) is 20.9. The molecule has 0 saturated carbocycles. The van der Waals surface area contributed by atoms with Gasteiger partial charge in [0.1, 0.15) is 0 Å². The Morgan fingerprint density at radius 3 is 2.71 bits per heavy atom. The number of fused-ring (bicyclic) bond motifs is 1. The van der Waals surface area contributed by atoms with Gasteiger partial charge >= 0.3 is 6.18 Å². The van der Waals surface area contributed by atoms with Crippen LogP contribution in [0.5, 0.6) is 0 Å². The molecular formula is C22H16ClF3N4O. The van der Waals surface area contributed by atoms with Gasteiger partial charge in [0.25, 0.3) is 5.91 Å². The Morgan fingerprint density at radius 2 is 1.90 bits per heavy atom. The molecule has 4 rings (SSSR count). The highest BCUT2D eigenvalue weighted by molar-refractivity contribution is 6.31. The monoisotopic (exact) mass is 444 g/mol. The Hall–Kier alpha value is -3.39. The van der Waals surface area contributed by atoms with Crippen LogP contribution in [0.4, 0.5) is 13.2 Å². The van der Waals surface area contributed by atoms with Crippen LogP contribution in [0.2, 0.25) is 5.02 Å². The van der Waals surface area contributed by atoms with Crippen LogP contribution in [0.1, 0.15) is 32.7 Å². The summed E-state index contributed by atoms with van der Waals surface area (Å²) in [5.74, 6) is -0.406. The highest BCUT2D eigenvalue weighted by Gasteiger charge is 2.32. The van der Waals surface area contributed by atoms with Crippen LogP contribution in [-0.4, -0.2) is 21.1 Å². The lowest BCUT2D eigenvalue weighted by molar-refractivity contribution is -0.138. The van der Waals surface area contributed by atoms with Gasteiger partial charge in [-0.2, -0.15) is 18.3 Å². The van der Waals surface area contributed by atoms with E-state index in [0.29, 0.717) is 16.3 Å². The molecule has 5 nitrogen and oxygen atoms in total. The lowest BCUT2D eigenvalue weighted by atomic mass is 9.99. The van der Waals surface area contributed by atoms with Crippen molar-refractivity contribution in [2.75, 3.05) is 0 Å². The predicted molar refractivity (Wildman–Crippen MR) is 111 cm³/mol. The molecule has 2 aromatic carbocycles. The van der Waals surface area contributed by atoms with Crippen LogP contribution in [0.3, 0.4) is 0 Å². The van der Waals surface area contributed by atoms with E-state index in [-0.39, 0.29) is 24.1 Å². The van der Waals surface area contributed by atoms with E-state index in [2.05, 4.69) is 20.5 Å². The van der Waals surface area contributed by atoms with Crippen molar-refractivity contribution in [3.63, 3.8) is 0 Å². The summed E-state index contributed by atoms with van der Waals surface area (Å²) in [5.41, 5.74) is 1.58. The van der Waals surface area contributed by atoms with Crippen LogP contribution >= 0.6 is 11.6 Å². The van der Waals surface area contributed by atoms with Gasteiger partial charge in [-0.1, -0.05) is 29.8 Å². The molecule has 1 amide bonds. The van der Waals surface area contributed by atoms with Gasteiger partial charge in [0.15, 0.2) is 0 Å². The number of H-pyrrole nitrogens is 1. The van der Waals surface area contributed by atoms with E-state index in [0.717, 1.165) is 17.0 Å². The number of carbonyl (C=O) groups excluding carboxylic acids is 1. The number of carbonyl (C=O) groups is 1. The van der Waals surface area contributed by atoms with Gasteiger partial charge in [-0.25, -0.2) is 0 Å². The third kappa shape index (κ3) is 4.69. The quantitative estimate of drug-likeness (QED) is 0.447. The topological polar surface area (TPSA) is 70.7 Å². The van der Waals surface area contributed by atoms with Gasteiger partial charge < -0.3 is 5.32 Å². The number of aromatic amines is 1. The molecule has 31 heavy (non-hydrogen) atoms. The van der Waals surface area contributed by atoms with Crippen LogP contribution in [0, 0.1) is 0 Å². The maximum atomic E-state index is 13.2. The molecule has 0 atom stereocenters. The van der Waals surface area contributed by atoms with Gasteiger partial charge in [-0.05, 0) is 47.9 Å². The van der Waals surface area contributed by atoms with Crippen molar-refractivity contribution in [3.05, 3.63) is 93.9 Å². The van der Waals surface area contributed by atoms with Crippen molar-refractivity contribution in [3.8, 4) is 0 Å². The second-order valence-electron chi connectivity index (χ2n) is 6.96. The van der Waals surface area contributed by atoms with E-state index < -0.39 is 17.6 Å². The van der Waals surface area contributed by atoms with Crippen molar-refractivity contribution in [1.29, 1.82) is 0 Å². The van der Waals surface area contributed by atoms with Crippen molar-refractivity contribution < 1.29 is 18.0 Å². The van der Waals surface area contributed by atoms with Crippen molar-refractivity contribution in [1.82, 2.24) is 20.5 Å². The van der Waals surface area contributed by atoms with E-state index in [9.17, 15) is 18.0 Å². The van der Waals surface area contributed by atoms with Gasteiger partial charge in [0, 0.05) is 22.8 Å². The van der Waals surface area contributed by atoms with Crippen molar-refractivity contribution in [2.45, 2.75) is 19.1 Å². The number of hydrogen-bond acceptors (Lipinski definition) is 3. The van der Waals surface area contributed by atoms with Crippen LogP contribution in [0.15, 0.2) is 60.9 Å². The summed E-state index contributed by atoms with van der Waals surface area (Å²) in [6.45, 7) is 0.153. The number of nitrogens with zero attached hydrogens (tertiary/aromatic N) is 2. The number of halogens is 4. The molecule has 2 aromatic heterocycles. The Balaban J connectivity index is 1.49. The first-order chi connectivity index (χ1) is 14.8. The Kier molecular flexibility index (Phi) is 5.65. The van der Waals surface area contributed by atoms with Gasteiger partial charge in [0.05, 0.1) is 28.9 Å². The predicted octanol–water partition coefficient (Wildman–Crippen LogP) is 5.15. The molecule has 0 bridgehead atoms. The van der Waals surface area contributed by atoms with Crippen LogP contribution < -0.4 is 5.32 Å². The van der Waals surface area contributed by atoms with Crippen molar-refractivity contribution >= 4 is 28.4 Å². The van der Waals surface area contributed by atoms with E-state index >= 15 is 0 Å². The lowest BCUT2D eigenvalue weighted by Gasteiger charge is -2.13. The number of alkyl halides is 3. The second-order valence-corrected chi connectivity index (χ2v) is 7.39. The molecular weight excluding hydrogens is 429 g/mol. The number of benzene rings is 2. The molecule has 0 spiro atoms. The summed E-state index contributed by atoms with van der Waals surface area (Å²) < 4.78 is 39.7. The zero-order valence-corrected chi connectivity index (χ0v) is 16.8. The minimum absolute atomic E-state index is 0.00626. The number of nitrogens with one attached hydrogen (secondary N) is 2. The normalized spacial score (nSPS) is 11.6. The number of rotatable bonds is 5. The highest BCUT2D eigenvalue weighted by Crippen LogP contribution is 2.32. The second kappa shape index (κ2) is 8.39. The Morgan fingerprint density at radius 1 is 1.10 bits per heavy atom. The largest absolute Gasteiger partial charge is 0.416 e. The van der Waals surface area contributed by atoms with E-state index in [4.69, 9.17) is 11.6 Å². The van der Waals surface area contributed by atoms with Crippen LogP contribution in [0.25, 0.3) is 10.9 Å². The molecule has 0 aliphatic carbocycles. The standard InChI is InChI=1S/C22H16ClF3N4O/c23-16-5-6-19-17(9-16)20(30-29-19)12-28-21(31)15-8-13(10-27-11-15)7-14-3-1-2-4-18(14)22(24,25)26/h1-6,8-11H,7,12H2,(H,28,31)(H,29,30). The van der Waals surface area contributed by atoms with Crippen molar-refractivity contribution in [2.24, 2.45) is 0 Å². The molecule has 2 N–H and O–H groups in total. The zero-order chi connectivity index (χ0) is 22.0. The Labute approximate surface area is 180 Å². The molecule has 158 valence electrons. The molecule has 0 aliphatic rings. The van der Waals surface area contributed by atoms with Crippen LogP contribution in [-0.2, 0) is 19.1 Å². The summed E-state index contributed by atoms with van der Waals surface area (Å²) in [7, 11) is 0. The summed E-state index contributed by atoms with van der Waals surface area (Å²) in [6, 6.07) is 12.2. The highest BCUT2D eigenvalue weighted by atomic mass is 35.5. The fraction of sp³-hybridized carbons (Fsp3) is 0.136. The SMILES string of the molecule is O=C(NCc1n[nH]c2ccc(Cl)cc12)c1cncc(Cc2ccccc2C(F)(F)F)c1. The lowest BCUT2D eigenvalue weighted by Crippen LogP contribution is -2.23. The zero-order valence-electron chi connectivity index (χ0n) is 16.0. The third-order valence-corrected chi connectivity index (χ3v) is 5.03. The summed E-state index contributed by atoms with van der Waals surface area (Å²) in [5, 5.41) is 11.2. The Bertz CT molecular complexity index is 1250. The third-order valence-electron chi connectivity index (χ3n) is 4.79. The molecule has 9 heteroatoms. The first-order valence-corrected chi connectivity index (χ1v) is 9.69. The fourth-order valence-electron chi connectivity index (χ4n) is 3.32.